The fourth-order valence-electron chi connectivity index (χ4n) is 1.24. The molecule has 0 atom stereocenters. The Morgan fingerprint density at radius 2 is 1.79 bits per heavy atom. The number of hydrogen-bond donors (Lipinski definition) is 0. The summed E-state index contributed by atoms with van der Waals surface area (Å²) >= 11 is 3.37. The summed E-state index contributed by atoms with van der Waals surface area (Å²) in [5.41, 5.74) is 2.03. The molecule has 1 nitrogen and oxygen atoms in total. The molecule has 0 N–H and O–H groups in total. The third-order valence-corrected chi connectivity index (χ3v) is 2.52. The van der Waals surface area contributed by atoms with Crippen LogP contribution in [0.2, 0.25) is 0 Å². The molecular weight excluding hydrogens is 240 g/mol. The van der Waals surface area contributed by atoms with Crippen molar-refractivity contribution in [2.24, 2.45) is 0 Å². The number of carbonyl (C=O) groups excluding carboxylic acids is 1. The van der Waals surface area contributed by atoms with E-state index in [9.17, 15) is 4.79 Å². The standard InChI is InChI=1S/C12H15BrO/c1-4-9-5-7-10(8-6-9)11(14)12(2,3)13/h5-8H,4H2,1-3H3. The summed E-state index contributed by atoms with van der Waals surface area (Å²) in [6.07, 6.45) is 1.01. The summed E-state index contributed by atoms with van der Waals surface area (Å²) in [4.78, 5) is 11.8. The SMILES string of the molecule is CCc1ccc(C(=O)C(C)(C)Br)cc1. The van der Waals surface area contributed by atoms with E-state index in [1.165, 1.54) is 5.56 Å². The van der Waals surface area contributed by atoms with Gasteiger partial charge in [-0.15, -0.1) is 0 Å². The van der Waals surface area contributed by atoms with Gasteiger partial charge in [-0.25, -0.2) is 0 Å². The predicted octanol–water partition coefficient (Wildman–Crippen LogP) is 3.61. The quantitative estimate of drug-likeness (QED) is 0.595. The van der Waals surface area contributed by atoms with Crippen LogP contribution in [0.3, 0.4) is 0 Å². The molecule has 0 amide bonds. The zero-order valence-electron chi connectivity index (χ0n) is 8.80. The Morgan fingerprint density at radius 3 is 2.14 bits per heavy atom. The van der Waals surface area contributed by atoms with Crippen molar-refractivity contribution in [2.45, 2.75) is 31.5 Å². The van der Waals surface area contributed by atoms with Gasteiger partial charge in [-0.1, -0.05) is 47.1 Å². The fourth-order valence-corrected chi connectivity index (χ4v) is 1.46. The van der Waals surface area contributed by atoms with Gasteiger partial charge in [0.15, 0.2) is 5.78 Å². The van der Waals surface area contributed by atoms with E-state index in [-0.39, 0.29) is 5.78 Å². The van der Waals surface area contributed by atoms with Crippen molar-refractivity contribution < 1.29 is 4.79 Å². The van der Waals surface area contributed by atoms with E-state index < -0.39 is 4.32 Å². The first-order chi connectivity index (χ1) is 6.45. The highest BCUT2D eigenvalue weighted by molar-refractivity contribution is 9.10. The van der Waals surface area contributed by atoms with E-state index in [0.29, 0.717) is 0 Å². The molecule has 1 rings (SSSR count). The molecule has 2 heteroatoms. The molecule has 0 aromatic heterocycles. The molecule has 1 aromatic rings. The van der Waals surface area contributed by atoms with Crippen LogP contribution < -0.4 is 0 Å². The van der Waals surface area contributed by atoms with Crippen LogP contribution in [0.4, 0.5) is 0 Å². The van der Waals surface area contributed by atoms with Crippen LogP contribution >= 0.6 is 15.9 Å². The Labute approximate surface area is 93.7 Å². The van der Waals surface area contributed by atoms with E-state index in [1.807, 2.05) is 38.1 Å². The first-order valence-corrected chi connectivity index (χ1v) is 5.57. The van der Waals surface area contributed by atoms with E-state index in [4.69, 9.17) is 0 Å². The first kappa shape index (κ1) is 11.4. The van der Waals surface area contributed by atoms with Crippen LogP contribution in [-0.2, 0) is 6.42 Å². The number of hydrogen-bond acceptors (Lipinski definition) is 1. The first-order valence-electron chi connectivity index (χ1n) is 4.78. The van der Waals surface area contributed by atoms with Crippen LogP contribution in [0.25, 0.3) is 0 Å². The molecule has 0 aliphatic carbocycles. The van der Waals surface area contributed by atoms with Crippen molar-refractivity contribution in [1.82, 2.24) is 0 Å². The van der Waals surface area contributed by atoms with Crippen LogP contribution in [0, 0.1) is 0 Å². The maximum Gasteiger partial charge on any atom is 0.178 e. The van der Waals surface area contributed by atoms with E-state index in [1.54, 1.807) is 0 Å². The molecule has 0 saturated heterocycles. The Bertz CT molecular complexity index is 319. The molecule has 0 bridgehead atoms. The van der Waals surface area contributed by atoms with Gasteiger partial charge in [-0.2, -0.15) is 0 Å². The van der Waals surface area contributed by atoms with Gasteiger partial charge in [-0.3, -0.25) is 4.79 Å². The van der Waals surface area contributed by atoms with Gasteiger partial charge in [0, 0.05) is 5.56 Å². The van der Waals surface area contributed by atoms with Gasteiger partial charge < -0.3 is 0 Å². The Kier molecular flexibility index (Phi) is 3.48. The highest BCUT2D eigenvalue weighted by Crippen LogP contribution is 2.22. The summed E-state index contributed by atoms with van der Waals surface area (Å²) in [6.45, 7) is 5.83. The third kappa shape index (κ3) is 2.68. The predicted molar refractivity (Wildman–Crippen MR) is 63.2 cm³/mol. The van der Waals surface area contributed by atoms with Gasteiger partial charge in [0.1, 0.15) is 0 Å². The number of carbonyl (C=O) groups is 1. The Hall–Kier alpha value is -0.630. The van der Waals surface area contributed by atoms with Crippen LogP contribution in [0.1, 0.15) is 36.7 Å². The lowest BCUT2D eigenvalue weighted by Crippen LogP contribution is -2.23. The van der Waals surface area contributed by atoms with Gasteiger partial charge >= 0.3 is 0 Å². The highest BCUT2D eigenvalue weighted by atomic mass is 79.9. The average molecular weight is 255 g/mol. The number of ketones is 1. The van der Waals surface area contributed by atoms with Crippen molar-refractivity contribution in [1.29, 1.82) is 0 Å². The lowest BCUT2D eigenvalue weighted by molar-refractivity contribution is 0.0961. The second-order valence-electron chi connectivity index (χ2n) is 3.85. The minimum atomic E-state index is -0.471. The van der Waals surface area contributed by atoms with Gasteiger partial charge in [-0.05, 0) is 25.8 Å². The molecule has 14 heavy (non-hydrogen) atoms. The fraction of sp³-hybridized carbons (Fsp3) is 0.417. The number of rotatable bonds is 3. The summed E-state index contributed by atoms with van der Waals surface area (Å²) < 4.78 is -0.471. The van der Waals surface area contributed by atoms with E-state index in [2.05, 4.69) is 22.9 Å². The van der Waals surface area contributed by atoms with Gasteiger partial charge in [0.05, 0.1) is 4.32 Å². The lowest BCUT2D eigenvalue weighted by atomic mass is 9.99. The normalized spacial score (nSPS) is 11.4. The largest absolute Gasteiger partial charge is 0.293 e. The van der Waals surface area contributed by atoms with Crippen LogP contribution in [0.5, 0.6) is 0 Å². The van der Waals surface area contributed by atoms with Crippen LogP contribution in [-0.4, -0.2) is 10.1 Å². The number of aryl methyl sites for hydroxylation is 1. The maximum atomic E-state index is 11.8. The number of alkyl halides is 1. The zero-order chi connectivity index (χ0) is 10.8. The monoisotopic (exact) mass is 254 g/mol. The average Bonchev–Trinajstić information content (AvgIpc) is 2.15. The molecule has 0 heterocycles. The molecule has 0 spiro atoms. The highest BCUT2D eigenvalue weighted by Gasteiger charge is 2.24. The Balaban J connectivity index is 2.93. The van der Waals surface area contributed by atoms with Gasteiger partial charge in [0.2, 0.25) is 0 Å². The summed E-state index contributed by atoms with van der Waals surface area (Å²) in [6, 6.07) is 7.80. The molecule has 0 unspecified atom stereocenters. The van der Waals surface area contributed by atoms with Crippen molar-refractivity contribution in [3.8, 4) is 0 Å². The van der Waals surface area contributed by atoms with Crippen molar-refractivity contribution >= 4 is 21.7 Å². The molecule has 0 fully saturated rings. The molecule has 0 aliphatic rings. The molecule has 0 saturated carbocycles. The van der Waals surface area contributed by atoms with Crippen molar-refractivity contribution in [3.05, 3.63) is 35.4 Å². The smallest absolute Gasteiger partial charge is 0.178 e. The van der Waals surface area contributed by atoms with Gasteiger partial charge in [0.25, 0.3) is 0 Å². The second kappa shape index (κ2) is 4.26. The zero-order valence-corrected chi connectivity index (χ0v) is 10.4. The van der Waals surface area contributed by atoms with E-state index in [0.717, 1.165) is 12.0 Å². The topological polar surface area (TPSA) is 17.1 Å². The second-order valence-corrected chi connectivity index (χ2v) is 5.83. The number of Topliss-reactive ketones (excluding diaryl/α,β-unsaturated/α-hetero) is 1. The molecular formula is C12H15BrO. The Morgan fingerprint density at radius 1 is 1.29 bits per heavy atom. The molecule has 0 aliphatic heterocycles. The molecule has 76 valence electrons. The molecule has 0 radical (unpaired) electrons. The minimum Gasteiger partial charge on any atom is -0.293 e. The van der Waals surface area contributed by atoms with E-state index >= 15 is 0 Å². The third-order valence-electron chi connectivity index (χ3n) is 2.16. The van der Waals surface area contributed by atoms with Crippen LogP contribution in [0.15, 0.2) is 24.3 Å². The summed E-state index contributed by atoms with van der Waals surface area (Å²) in [5, 5.41) is 0. The summed E-state index contributed by atoms with van der Waals surface area (Å²) in [7, 11) is 0. The number of halogens is 1. The van der Waals surface area contributed by atoms with Crippen molar-refractivity contribution in [2.75, 3.05) is 0 Å². The molecule has 1 aromatic carbocycles. The number of benzene rings is 1. The summed E-state index contributed by atoms with van der Waals surface area (Å²) in [5.74, 6) is 0.125. The minimum absolute atomic E-state index is 0.125. The maximum absolute atomic E-state index is 11.8. The lowest BCUT2D eigenvalue weighted by Gasteiger charge is -2.14. The van der Waals surface area contributed by atoms with Crippen molar-refractivity contribution in [3.63, 3.8) is 0 Å².